The lowest BCUT2D eigenvalue weighted by Crippen LogP contribution is -2.37. The van der Waals surface area contributed by atoms with Gasteiger partial charge in [-0.1, -0.05) is 22.0 Å². The second-order valence-electron chi connectivity index (χ2n) is 3.47. The van der Waals surface area contributed by atoms with Gasteiger partial charge >= 0.3 is 0 Å². The smallest absolute Gasteiger partial charge is 0.260 e. The number of rotatable bonds is 5. The highest BCUT2D eigenvalue weighted by molar-refractivity contribution is 9.09. The number of nitrogens with zero attached hydrogens (tertiary/aromatic N) is 1. The topological polar surface area (TPSA) is 40.5 Å². The van der Waals surface area contributed by atoms with Gasteiger partial charge in [-0.25, -0.2) is 13.2 Å². The van der Waals surface area contributed by atoms with Gasteiger partial charge in [-0.15, -0.1) is 0 Å². The number of phenols is 1. The minimum absolute atomic E-state index is 0.00303. The fraction of sp³-hybridized carbons (Fsp3) is 0.364. The maximum Gasteiger partial charge on any atom is 0.260 e. The van der Waals surface area contributed by atoms with Gasteiger partial charge in [-0.2, -0.15) is 0 Å². The van der Waals surface area contributed by atoms with Crippen LogP contribution in [0.2, 0.25) is 0 Å². The number of phenolic OH excluding ortho intramolecular Hbond substituents is 1. The molecule has 0 heterocycles. The maximum absolute atomic E-state index is 13.4. The van der Waals surface area contributed by atoms with Crippen LogP contribution in [0, 0.1) is 5.82 Å². The van der Waals surface area contributed by atoms with Crippen LogP contribution in [0.15, 0.2) is 18.2 Å². The number of aromatic hydroxyl groups is 1. The Bertz CT molecular complexity index is 408. The van der Waals surface area contributed by atoms with Crippen LogP contribution < -0.4 is 0 Å². The van der Waals surface area contributed by atoms with Crippen molar-refractivity contribution in [2.45, 2.75) is 6.43 Å². The molecular formula is C11H11BrF3NO2. The Morgan fingerprint density at radius 1 is 1.44 bits per heavy atom. The first-order chi connectivity index (χ1) is 8.47. The lowest BCUT2D eigenvalue weighted by Gasteiger charge is -2.21. The number of carbonyl (C=O) groups is 1. The molecule has 7 heteroatoms. The van der Waals surface area contributed by atoms with Crippen molar-refractivity contribution in [3.8, 4) is 5.75 Å². The zero-order chi connectivity index (χ0) is 13.7. The number of halogens is 4. The summed E-state index contributed by atoms with van der Waals surface area (Å²) in [5.74, 6) is -2.45. The van der Waals surface area contributed by atoms with Crippen molar-refractivity contribution in [1.82, 2.24) is 4.90 Å². The lowest BCUT2D eigenvalue weighted by molar-refractivity contribution is 0.0565. The molecule has 1 amide bonds. The number of alkyl halides is 3. The van der Waals surface area contributed by atoms with Crippen LogP contribution in [-0.4, -0.2) is 40.8 Å². The molecule has 0 atom stereocenters. The summed E-state index contributed by atoms with van der Waals surface area (Å²) >= 11 is 3.02. The van der Waals surface area contributed by atoms with Gasteiger partial charge in [0, 0.05) is 11.9 Å². The Morgan fingerprint density at radius 3 is 2.61 bits per heavy atom. The fourth-order valence-electron chi connectivity index (χ4n) is 1.43. The molecule has 1 N–H and O–H groups in total. The van der Waals surface area contributed by atoms with Crippen LogP contribution in [0.3, 0.4) is 0 Å². The van der Waals surface area contributed by atoms with E-state index in [0.29, 0.717) is 0 Å². The highest BCUT2D eigenvalue weighted by Gasteiger charge is 2.24. The molecule has 0 unspecified atom stereocenters. The molecule has 0 radical (unpaired) electrons. The van der Waals surface area contributed by atoms with Crippen LogP contribution in [0.5, 0.6) is 5.75 Å². The van der Waals surface area contributed by atoms with Crippen LogP contribution in [0.4, 0.5) is 13.2 Å². The third-order valence-corrected chi connectivity index (χ3v) is 2.56. The van der Waals surface area contributed by atoms with E-state index in [9.17, 15) is 23.1 Å². The predicted molar refractivity (Wildman–Crippen MR) is 63.8 cm³/mol. The van der Waals surface area contributed by atoms with Crippen molar-refractivity contribution < 1.29 is 23.1 Å². The van der Waals surface area contributed by atoms with Crippen LogP contribution in [-0.2, 0) is 0 Å². The van der Waals surface area contributed by atoms with Gasteiger partial charge in [0.1, 0.15) is 17.1 Å². The first-order valence-electron chi connectivity index (χ1n) is 5.08. The Labute approximate surface area is 110 Å². The van der Waals surface area contributed by atoms with Crippen LogP contribution in [0.25, 0.3) is 0 Å². The number of hydrogen-bond acceptors (Lipinski definition) is 2. The van der Waals surface area contributed by atoms with Crippen molar-refractivity contribution in [2.24, 2.45) is 0 Å². The second kappa shape index (κ2) is 6.63. The van der Waals surface area contributed by atoms with Crippen LogP contribution in [0.1, 0.15) is 10.4 Å². The number of amides is 1. The molecule has 0 saturated heterocycles. The Balaban J connectivity index is 3.01. The van der Waals surface area contributed by atoms with Gasteiger partial charge in [-0.05, 0) is 12.1 Å². The van der Waals surface area contributed by atoms with Gasteiger partial charge in [0.15, 0.2) is 0 Å². The molecule has 0 spiro atoms. The van der Waals surface area contributed by atoms with E-state index < -0.39 is 36.0 Å². The molecule has 1 aromatic carbocycles. The molecule has 100 valence electrons. The summed E-state index contributed by atoms with van der Waals surface area (Å²) in [6, 6.07) is 3.34. The van der Waals surface area contributed by atoms with E-state index in [1.165, 1.54) is 6.07 Å². The average Bonchev–Trinajstić information content (AvgIpc) is 2.27. The minimum Gasteiger partial charge on any atom is -0.507 e. The van der Waals surface area contributed by atoms with Crippen molar-refractivity contribution in [1.29, 1.82) is 0 Å². The summed E-state index contributed by atoms with van der Waals surface area (Å²) in [5.41, 5.74) is -0.584. The summed E-state index contributed by atoms with van der Waals surface area (Å²) in [5, 5.41) is 9.70. The normalized spacial score (nSPS) is 10.7. The molecule has 1 rings (SSSR count). The predicted octanol–water partition coefficient (Wildman–Crippen LogP) is 2.63. The summed E-state index contributed by atoms with van der Waals surface area (Å²) in [7, 11) is 0. The molecule has 0 aliphatic rings. The molecule has 0 aromatic heterocycles. The van der Waals surface area contributed by atoms with E-state index in [2.05, 4.69) is 15.9 Å². The molecular weight excluding hydrogens is 315 g/mol. The average molecular weight is 326 g/mol. The number of carbonyl (C=O) groups excluding carboxylic acids is 1. The highest BCUT2D eigenvalue weighted by Crippen LogP contribution is 2.22. The third-order valence-electron chi connectivity index (χ3n) is 2.21. The van der Waals surface area contributed by atoms with Crippen LogP contribution >= 0.6 is 15.9 Å². The molecule has 0 bridgehead atoms. The van der Waals surface area contributed by atoms with Crippen molar-refractivity contribution in [3.63, 3.8) is 0 Å². The zero-order valence-corrected chi connectivity index (χ0v) is 10.8. The maximum atomic E-state index is 13.4. The Hall–Kier alpha value is -1.24. The van der Waals surface area contributed by atoms with Gasteiger partial charge < -0.3 is 10.0 Å². The van der Waals surface area contributed by atoms with Gasteiger partial charge in [-0.3, -0.25) is 4.79 Å². The zero-order valence-electron chi connectivity index (χ0n) is 9.25. The van der Waals surface area contributed by atoms with E-state index in [1.807, 2.05) is 0 Å². The third kappa shape index (κ3) is 3.63. The van der Waals surface area contributed by atoms with E-state index in [-0.39, 0.29) is 11.9 Å². The quantitative estimate of drug-likeness (QED) is 0.845. The van der Waals surface area contributed by atoms with E-state index >= 15 is 0 Å². The monoisotopic (exact) mass is 325 g/mol. The molecule has 18 heavy (non-hydrogen) atoms. The Morgan fingerprint density at radius 2 is 2.11 bits per heavy atom. The van der Waals surface area contributed by atoms with Gasteiger partial charge in [0.2, 0.25) is 0 Å². The molecule has 3 nitrogen and oxygen atoms in total. The fourth-order valence-corrected chi connectivity index (χ4v) is 1.86. The summed E-state index contributed by atoms with van der Waals surface area (Å²) in [6.45, 7) is -0.810. The largest absolute Gasteiger partial charge is 0.507 e. The van der Waals surface area contributed by atoms with E-state index in [4.69, 9.17) is 0 Å². The standard InChI is InChI=1S/C11H11BrF3NO2/c12-4-5-16(6-9(14)15)11(18)10-7(13)2-1-3-8(10)17/h1-3,9,17H,4-6H2. The lowest BCUT2D eigenvalue weighted by atomic mass is 10.1. The second-order valence-corrected chi connectivity index (χ2v) is 4.26. The molecule has 1 aromatic rings. The highest BCUT2D eigenvalue weighted by atomic mass is 79.9. The number of hydrogen-bond donors (Lipinski definition) is 1. The first-order valence-corrected chi connectivity index (χ1v) is 6.20. The molecule has 0 aliphatic carbocycles. The molecule has 0 fully saturated rings. The van der Waals surface area contributed by atoms with Crippen molar-refractivity contribution >= 4 is 21.8 Å². The van der Waals surface area contributed by atoms with E-state index in [0.717, 1.165) is 17.0 Å². The number of benzene rings is 1. The molecule has 0 saturated carbocycles. The minimum atomic E-state index is -2.72. The first kappa shape index (κ1) is 14.8. The van der Waals surface area contributed by atoms with E-state index in [1.54, 1.807) is 0 Å². The summed E-state index contributed by atoms with van der Waals surface area (Å²) in [4.78, 5) is 12.7. The van der Waals surface area contributed by atoms with Crippen molar-refractivity contribution in [2.75, 3.05) is 18.4 Å². The van der Waals surface area contributed by atoms with Crippen molar-refractivity contribution in [3.05, 3.63) is 29.6 Å². The Kier molecular flexibility index (Phi) is 5.46. The van der Waals surface area contributed by atoms with Gasteiger partial charge in [0.25, 0.3) is 12.3 Å². The summed E-state index contributed by atoms with van der Waals surface area (Å²) in [6.07, 6.45) is -2.72. The SMILES string of the molecule is O=C(c1c(O)cccc1F)N(CCBr)CC(F)F. The summed E-state index contributed by atoms with van der Waals surface area (Å²) < 4.78 is 38.1. The molecule has 0 aliphatic heterocycles. The van der Waals surface area contributed by atoms with Gasteiger partial charge in [0.05, 0.1) is 6.54 Å².